The number of nitrogens with zero attached hydrogens (tertiary/aromatic N) is 3. The Kier molecular flexibility index (Phi) is 3.49. The largest absolute Gasteiger partial charge is 0.393 e. The molecule has 2 heterocycles. The zero-order valence-corrected chi connectivity index (χ0v) is 10.2. The Morgan fingerprint density at radius 2 is 2.31 bits per heavy atom. The first kappa shape index (κ1) is 11.5. The Morgan fingerprint density at radius 3 is 3.06 bits per heavy atom. The summed E-state index contributed by atoms with van der Waals surface area (Å²) in [4.78, 5) is 10.4. The second-order valence-corrected chi connectivity index (χ2v) is 4.51. The molecule has 0 aliphatic carbocycles. The van der Waals surface area contributed by atoms with E-state index in [2.05, 4.69) is 21.8 Å². The van der Waals surface area contributed by atoms with Crippen LogP contribution in [0.1, 0.15) is 32.6 Å². The van der Waals surface area contributed by atoms with Gasteiger partial charge in [-0.1, -0.05) is 18.5 Å². The topological polar surface area (TPSA) is 55.0 Å². The van der Waals surface area contributed by atoms with E-state index in [9.17, 15) is 0 Å². The van der Waals surface area contributed by atoms with Crippen molar-refractivity contribution >= 4 is 23.1 Å². The molecule has 0 bridgehead atoms. The minimum absolute atomic E-state index is 0.352. The quantitative estimate of drug-likeness (QED) is 0.807. The third-order valence-corrected chi connectivity index (χ3v) is 3.49. The number of nitrogens with two attached hydrogens (primary N) is 1. The van der Waals surface area contributed by atoms with Crippen LogP contribution >= 0.6 is 11.6 Å². The van der Waals surface area contributed by atoms with Crippen molar-refractivity contribution in [3.63, 3.8) is 0 Å². The van der Waals surface area contributed by atoms with Crippen molar-refractivity contribution in [2.24, 2.45) is 0 Å². The molecule has 0 aromatic carbocycles. The first-order valence-corrected chi connectivity index (χ1v) is 6.14. The van der Waals surface area contributed by atoms with Crippen molar-refractivity contribution in [3.8, 4) is 0 Å². The summed E-state index contributed by atoms with van der Waals surface area (Å²) >= 11 is 5.92. The molecular weight excluding hydrogens is 224 g/mol. The lowest BCUT2D eigenvalue weighted by Gasteiger charge is -2.36. The second kappa shape index (κ2) is 4.87. The summed E-state index contributed by atoms with van der Waals surface area (Å²) in [5.41, 5.74) is 6.44. The molecule has 0 saturated carbocycles. The molecule has 0 radical (unpaired) electrons. The van der Waals surface area contributed by atoms with Crippen LogP contribution in [0, 0.1) is 0 Å². The van der Waals surface area contributed by atoms with Gasteiger partial charge in [0.15, 0.2) is 11.0 Å². The number of hydrogen-bond donors (Lipinski definition) is 1. The molecule has 5 heteroatoms. The van der Waals surface area contributed by atoms with Crippen LogP contribution in [0.25, 0.3) is 0 Å². The van der Waals surface area contributed by atoms with Gasteiger partial charge in [-0.25, -0.2) is 9.97 Å². The number of piperidine rings is 1. The van der Waals surface area contributed by atoms with Crippen molar-refractivity contribution in [2.75, 3.05) is 17.2 Å². The third kappa shape index (κ3) is 2.07. The lowest BCUT2D eigenvalue weighted by molar-refractivity contribution is 0.447. The number of aromatic nitrogens is 2. The summed E-state index contributed by atoms with van der Waals surface area (Å²) in [6.45, 7) is 3.21. The van der Waals surface area contributed by atoms with Crippen LogP contribution in [0.5, 0.6) is 0 Å². The van der Waals surface area contributed by atoms with Gasteiger partial charge in [-0.3, -0.25) is 0 Å². The molecule has 0 spiro atoms. The van der Waals surface area contributed by atoms with E-state index in [-0.39, 0.29) is 0 Å². The fourth-order valence-electron chi connectivity index (χ4n) is 2.30. The maximum absolute atomic E-state index is 5.93. The van der Waals surface area contributed by atoms with Crippen LogP contribution in [0.4, 0.5) is 11.5 Å². The monoisotopic (exact) mass is 240 g/mol. The van der Waals surface area contributed by atoms with E-state index in [1.807, 2.05) is 0 Å². The van der Waals surface area contributed by atoms with E-state index < -0.39 is 0 Å². The highest BCUT2D eigenvalue weighted by Gasteiger charge is 2.24. The van der Waals surface area contributed by atoms with E-state index in [0.717, 1.165) is 18.8 Å². The lowest BCUT2D eigenvalue weighted by Crippen LogP contribution is -2.40. The molecule has 1 aliphatic heterocycles. The Morgan fingerprint density at radius 1 is 1.50 bits per heavy atom. The Labute approximate surface area is 101 Å². The van der Waals surface area contributed by atoms with Crippen LogP contribution in [0.3, 0.4) is 0 Å². The summed E-state index contributed by atoms with van der Waals surface area (Å²) in [6.07, 6.45) is 6.28. The Hall–Kier alpha value is -1.03. The summed E-state index contributed by atoms with van der Waals surface area (Å²) in [5, 5.41) is 0.352. The van der Waals surface area contributed by atoms with Crippen LogP contribution in [0.2, 0.25) is 5.15 Å². The Balaban J connectivity index is 2.30. The van der Waals surface area contributed by atoms with Crippen LogP contribution in [-0.4, -0.2) is 22.6 Å². The van der Waals surface area contributed by atoms with E-state index >= 15 is 0 Å². The number of hydrogen-bond acceptors (Lipinski definition) is 4. The summed E-state index contributed by atoms with van der Waals surface area (Å²) in [6, 6.07) is 0.530. The SMILES string of the molecule is CCC1CCCCN1c1ncnc(Cl)c1N. The molecule has 1 atom stereocenters. The second-order valence-electron chi connectivity index (χ2n) is 4.15. The number of anilines is 2. The molecule has 2 rings (SSSR count). The van der Waals surface area contributed by atoms with Crippen molar-refractivity contribution < 1.29 is 0 Å². The molecule has 88 valence electrons. The summed E-state index contributed by atoms with van der Waals surface area (Å²) in [5.74, 6) is 0.798. The van der Waals surface area contributed by atoms with Crippen LogP contribution < -0.4 is 10.6 Å². The molecule has 1 aliphatic rings. The average Bonchev–Trinajstić information content (AvgIpc) is 2.33. The number of nitrogen functional groups attached to an aromatic ring is 1. The highest BCUT2D eigenvalue weighted by Crippen LogP contribution is 2.31. The normalized spacial score (nSPS) is 21.1. The van der Waals surface area contributed by atoms with Crippen LogP contribution in [0.15, 0.2) is 6.33 Å². The van der Waals surface area contributed by atoms with Crippen molar-refractivity contribution in [2.45, 2.75) is 38.6 Å². The smallest absolute Gasteiger partial charge is 0.157 e. The molecular formula is C11H17ClN4. The van der Waals surface area contributed by atoms with Gasteiger partial charge in [-0.2, -0.15) is 0 Å². The van der Waals surface area contributed by atoms with Gasteiger partial charge in [0.25, 0.3) is 0 Å². The Bertz CT molecular complexity index is 369. The molecule has 1 aromatic rings. The first-order chi connectivity index (χ1) is 7.74. The van der Waals surface area contributed by atoms with E-state index in [4.69, 9.17) is 17.3 Å². The molecule has 1 fully saturated rings. The number of halogens is 1. The van der Waals surface area contributed by atoms with Gasteiger partial charge in [0.2, 0.25) is 0 Å². The first-order valence-electron chi connectivity index (χ1n) is 5.76. The summed E-state index contributed by atoms with van der Waals surface area (Å²) < 4.78 is 0. The zero-order valence-electron chi connectivity index (χ0n) is 9.49. The third-order valence-electron chi connectivity index (χ3n) is 3.18. The molecule has 0 amide bonds. The molecule has 1 aromatic heterocycles. The van der Waals surface area contributed by atoms with Crippen LogP contribution in [-0.2, 0) is 0 Å². The zero-order chi connectivity index (χ0) is 11.5. The minimum atomic E-state index is 0.352. The van der Waals surface area contributed by atoms with Gasteiger partial charge < -0.3 is 10.6 Å². The maximum Gasteiger partial charge on any atom is 0.157 e. The van der Waals surface area contributed by atoms with E-state index in [1.54, 1.807) is 0 Å². The highest BCUT2D eigenvalue weighted by molar-refractivity contribution is 6.32. The molecule has 1 unspecified atom stereocenters. The summed E-state index contributed by atoms with van der Waals surface area (Å²) in [7, 11) is 0. The highest BCUT2D eigenvalue weighted by atomic mass is 35.5. The number of rotatable bonds is 2. The molecule has 2 N–H and O–H groups in total. The van der Waals surface area contributed by atoms with E-state index in [0.29, 0.717) is 16.9 Å². The van der Waals surface area contributed by atoms with E-state index in [1.165, 1.54) is 25.6 Å². The van der Waals surface area contributed by atoms with Gasteiger partial charge in [-0.15, -0.1) is 0 Å². The molecule has 1 saturated heterocycles. The molecule has 4 nitrogen and oxygen atoms in total. The van der Waals surface area contributed by atoms with Crippen molar-refractivity contribution in [1.29, 1.82) is 0 Å². The van der Waals surface area contributed by atoms with Crippen molar-refractivity contribution in [3.05, 3.63) is 11.5 Å². The average molecular weight is 241 g/mol. The van der Waals surface area contributed by atoms with Gasteiger partial charge in [0, 0.05) is 12.6 Å². The predicted molar refractivity (Wildman–Crippen MR) is 66.7 cm³/mol. The van der Waals surface area contributed by atoms with Gasteiger partial charge in [-0.05, 0) is 25.7 Å². The van der Waals surface area contributed by atoms with Crippen molar-refractivity contribution in [1.82, 2.24) is 9.97 Å². The fraction of sp³-hybridized carbons (Fsp3) is 0.636. The van der Waals surface area contributed by atoms with Gasteiger partial charge in [0.1, 0.15) is 12.0 Å². The van der Waals surface area contributed by atoms with Gasteiger partial charge >= 0.3 is 0 Å². The standard InChI is InChI=1S/C11H17ClN4/c1-2-8-5-3-4-6-16(8)11-9(13)10(12)14-7-15-11/h7-8H,2-6,13H2,1H3. The predicted octanol–water partition coefficient (Wildman–Crippen LogP) is 2.48. The molecule has 16 heavy (non-hydrogen) atoms. The minimum Gasteiger partial charge on any atom is -0.393 e. The maximum atomic E-state index is 5.93. The lowest BCUT2D eigenvalue weighted by atomic mass is 10.00. The van der Waals surface area contributed by atoms with Gasteiger partial charge in [0.05, 0.1) is 0 Å². The fourth-order valence-corrected chi connectivity index (χ4v) is 2.43.